The molecule has 0 aromatic carbocycles. The van der Waals surface area contributed by atoms with Crippen LogP contribution < -0.4 is 4.74 Å². The van der Waals surface area contributed by atoms with Crippen LogP contribution in [0.25, 0.3) is 0 Å². The molecule has 1 aliphatic heterocycles. The van der Waals surface area contributed by atoms with Crippen LogP contribution in [0.4, 0.5) is 0 Å². The maximum absolute atomic E-state index is 5.66. The van der Waals surface area contributed by atoms with Gasteiger partial charge in [0.2, 0.25) is 12.3 Å². The summed E-state index contributed by atoms with van der Waals surface area (Å²) in [6.07, 6.45) is 7.03. The lowest BCUT2D eigenvalue weighted by molar-refractivity contribution is 0.113. The fraction of sp³-hybridized carbons (Fsp3) is 0.538. The van der Waals surface area contributed by atoms with Crippen LogP contribution in [0.15, 0.2) is 27.7 Å². The summed E-state index contributed by atoms with van der Waals surface area (Å²) < 4.78 is 11.7. The molecule has 21 heavy (non-hydrogen) atoms. The molecule has 3 heterocycles. The summed E-state index contributed by atoms with van der Waals surface area (Å²) in [4.78, 5) is 10.5. The molecule has 0 bridgehead atoms. The Morgan fingerprint density at radius 3 is 3.00 bits per heavy atom. The summed E-state index contributed by atoms with van der Waals surface area (Å²) in [6, 6.07) is 0.423. The Labute approximate surface area is 130 Å². The van der Waals surface area contributed by atoms with Gasteiger partial charge >= 0.3 is 6.01 Å². The summed E-state index contributed by atoms with van der Waals surface area (Å²) in [5.74, 6) is 1.13. The molecule has 3 rings (SSSR count). The third kappa shape index (κ3) is 4.21. The fourth-order valence-corrected chi connectivity index (χ4v) is 2.66. The van der Waals surface area contributed by atoms with Gasteiger partial charge in [-0.15, -0.1) is 10.2 Å². The van der Waals surface area contributed by atoms with Gasteiger partial charge in [0, 0.05) is 24.9 Å². The predicted molar refractivity (Wildman–Crippen MR) is 77.5 cm³/mol. The highest BCUT2D eigenvalue weighted by atomic mass is 79.9. The molecule has 1 fully saturated rings. The molecular weight excluding hydrogens is 338 g/mol. The Balaban J connectivity index is 1.48. The molecule has 0 N–H and O–H groups in total. The van der Waals surface area contributed by atoms with Crippen molar-refractivity contribution in [3.05, 3.63) is 29.2 Å². The van der Waals surface area contributed by atoms with Crippen molar-refractivity contribution < 1.29 is 9.15 Å². The van der Waals surface area contributed by atoms with E-state index in [1.807, 2.05) is 0 Å². The van der Waals surface area contributed by atoms with Crippen LogP contribution >= 0.6 is 15.9 Å². The minimum atomic E-state index is 0.423. The molecular formula is C13H16BrN5O2. The van der Waals surface area contributed by atoms with Crippen molar-refractivity contribution >= 4 is 15.9 Å². The van der Waals surface area contributed by atoms with Gasteiger partial charge in [0.25, 0.3) is 0 Å². The predicted octanol–water partition coefficient (Wildman–Crippen LogP) is 1.91. The number of rotatable bonds is 5. The molecule has 0 amide bonds. The van der Waals surface area contributed by atoms with Crippen LogP contribution in [0.5, 0.6) is 6.01 Å². The van der Waals surface area contributed by atoms with Gasteiger partial charge in [0.1, 0.15) is 0 Å². The third-order valence-electron chi connectivity index (χ3n) is 3.41. The summed E-state index contributed by atoms with van der Waals surface area (Å²) in [5, 5.41) is 7.62. The first-order chi connectivity index (χ1) is 10.3. The maximum Gasteiger partial charge on any atom is 0.316 e. The summed E-state index contributed by atoms with van der Waals surface area (Å²) >= 11 is 3.30. The number of likely N-dealkylation sites (tertiary alicyclic amines) is 1. The van der Waals surface area contributed by atoms with Crippen LogP contribution in [-0.4, -0.2) is 44.8 Å². The number of aromatic nitrogens is 4. The second-order valence-electron chi connectivity index (χ2n) is 5.07. The SMILES string of the molecule is Brc1cnc(OCC2CCCN(Cc3nnco3)C2)nc1. The highest BCUT2D eigenvalue weighted by Crippen LogP contribution is 2.19. The largest absolute Gasteiger partial charge is 0.463 e. The molecule has 0 radical (unpaired) electrons. The second-order valence-corrected chi connectivity index (χ2v) is 5.99. The minimum absolute atomic E-state index is 0.423. The zero-order chi connectivity index (χ0) is 14.5. The molecule has 0 aliphatic carbocycles. The van der Waals surface area contributed by atoms with Gasteiger partial charge in [-0.1, -0.05) is 0 Å². The normalized spacial score (nSPS) is 19.6. The first-order valence-corrected chi connectivity index (χ1v) is 7.66. The van der Waals surface area contributed by atoms with Gasteiger partial charge in [0.15, 0.2) is 0 Å². The standard InChI is InChI=1S/C13H16BrN5O2/c14-11-4-15-13(16-5-11)20-8-10-2-1-3-19(6-10)7-12-18-17-9-21-12/h4-5,9-10H,1-3,6-8H2. The minimum Gasteiger partial charge on any atom is -0.463 e. The van der Waals surface area contributed by atoms with Crippen molar-refractivity contribution in [1.29, 1.82) is 0 Å². The van der Waals surface area contributed by atoms with Crippen molar-refractivity contribution in [3.8, 4) is 6.01 Å². The zero-order valence-corrected chi connectivity index (χ0v) is 13.1. The van der Waals surface area contributed by atoms with E-state index in [4.69, 9.17) is 9.15 Å². The molecule has 1 saturated heterocycles. The molecule has 112 valence electrons. The van der Waals surface area contributed by atoms with E-state index in [1.54, 1.807) is 12.4 Å². The van der Waals surface area contributed by atoms with Crippen LogP contribution in [-0.2, 0) is 6.54 Å². The Kier molecular flexibility index (Phi) is 4.76. The van der Waals surface area contributed by atoms with Crippen molar-refractivity contribution in [2.75, 3.05) is 19.7 Å². The molecule has 7 nitrogen and oxygen atoms in total. The molecule has 0 saturated carbocycles. The molecule has 2 aromatic rings. The van der Waals surface area contributed by atoms with E-state index >= 15 is 0 Å². The first-order valence-electron chi connectivity index (χ1n) is 6.87. The van der Waals surface area contributed by atoms with Gasteiger partial charge in [-0.25, -0.2) is 9.97 Å². The monoisotopic (exact) mass is 353 g/mol. The zero-order valence-electron chi connectivity index (χ0n) is 11.5. The molecule has 8 heteroatoms. The molecule has 1 unspecified atom stereocenters. The summed E-state index contributed by atoms with van der Waals surface area (Å²) in [5.41, 5.74) is 0. The molecule has 1 atom stereocenters. The number of nitrogens with zero attached hydrogens (tertiary/aromatic N) is 5. The van der Waals surface area contributed by atoms with Gasteiger partial charge in [-0.05, 0) is 35.3 Å². The smallest absolute Gasteiger partial charge is 0.316 e. The van der Waals surface area contributed by atoms with Crippen LogP contribution in [0.1, 0.15) is 18.7 Å². The van der Waals surface area contributed by atoms with Gasteiger partial charge in [-0.2, -0.15) is 0 Å². The van der Waals surface area contributed by atoms with Gasteiger partial charge in [0.05, 0.1) is 17.6 Å². The van der Waals surface area contributed by atoms with E-state index in [9.17, 15) is 0 Å². The Hall–Kier alpha value is -1.54. The van der Waals surface area contributed by atoms with E-state index in [1.165, 1.54) is 6.39 Å². The average Bonchev–Trinajstić information content (AvgIpc) is 3.00. The molecule has 1 aliphatic rings. The highest BCUT2D eigenvalue weighted by molar-refractivity contribution is 9.10. The first kappa shape index (κ1) is 14.4. The lowest BCUT2D eigenvalue weighted by Crippen LogP contribution is -2.37. The molecule has 0 spiro atoms. The third-order valence-corrected chi connectivity index (χ3v) is 3.82. The van der Waals surface area contributed by atoms with Crippen LogP contribution in [0, 0.1) is 5.92 Å². The maximum atomic E-state index is 5.66. The summed E-state index contributed by atoms with van der Waals surface area (Å²) in [6.45, 7) is 3.33. The number of piperidine rings is 1. The summed E-state index contributed by atoms with van der Waals surface area (Å²) in [7, 11) is 0. The Bertz CT molecular complexity index is 548. The van der Waals surface area contributed by atoms with Crippen molar-refractivity contribution in [2.45, 2.75) is 19.4 Å². The van der Waals surface area contributed by atoms with Crippen LogP contribution in [0.3, 0.4) is 0 Å². The quantitative estimate of drug-likeness (QED) is 0.812. The van der Waals surface area contributed by atoms with Crippen molar-refractivity contribution in [1.82, 2.24) is 25.1 Å². The van der Waals surface area contributed by atoms with E-state index in [-0.39, 0.29) is 0 Å². The fourth-order valence-electron chi connectivity index (χ4n) is 2.45. The van der Waals surface area contributed by atoms with Crippen molar-refractivity contribution in [3.63, 3.8) is 0 Å². The van der Waals surface area contributed by atoms with E-state index in [2.05, 4.69) is 41.0 Å². The number of hydrogen-bond donors (Lipinski definition) is 0. The van der Waals surface area contributed by atoms with E-state index in [0.717, 1.165) is 30.4 Å². The van der Waals surface area contributed by atoms with Gasteiger partial charge in [-0.3, -0.25) is 4.90 Å². The lowest BCUT2D eigenvalue weighted by Gasteiger charge is -2.31. The highest BCUT2D eigenvalue weighted by Gasteiger charge is 2.22. The van der Waals surface area contributed by atoms with Crippen molar-refractivity contribution in [2.24, 2.45) is 5.92 Å². The van der Waals surface area contributed by atoms with Crippen LogP contribution in [0.2, 0.25) is 0 Å². The second kappa shape index (κ2) is 6.95. The Morgan fingerprint density at radius 2 is 2.24 bits per heavy atom. The molecule has 2 aromatic heterocycles. The lowest BCUT2D eigenvalue weighted by atomic mass is 9.99. The number of ether oxygens (including phenoxy) is 1. The van der Waals surface area contributed by atoms with Gasteiger partial charge < -0.3 is 9.15 Å². The topological polar surface area (TPSA) is 77.2 Å². The number of hydrogen-bond acceptors (Lipinski definition) is 7. The Morgan fingerprint density at radius 1 is 1.38 bits per heavy atom. The number of halogens is 1. The van der Waals surface area contributed by atoms with E-state index < -0.39 is 0 Å². The average molecular weight is 354 g/mol. The van der Waals surface area contributed by atoms with E-state index in [0.29, 0.717) is 31.0 Å².